The average Bonchev–Trinajstić information content (AvgIpc) is 2.96. The third kappa shape index (κ3) is 2.23. The first kappa shape index (κ1) is 11.9. The van der Waals surface area contributed by atoms with Crippen LogP contribution in [0.4, 0.5) is 11.5 Å². The molecule has 5 heteroatoms. The van der Waals surface area contributed by atoms with E-state index in [1.165, 1.54) is 12.8 Å². The van der Waals surface area contributed by atoms with Crippen molar-refractivity contribution >= 4 is 11.5 Å². The Morgan fingerprint density at radius 1 is 1.00 bits per heavy atom. The molecule has 0 unspecified atom stereocenters. The van der Waals surface area contributed by atoms with Gasteiger partial charge < -0.3 is 11.5 Å². The van der Waals surface area contributed by atoms with Crippen molar-refractivity contribution in [3.05, 3.63) is 30.2 Å². The maximum absolute atomic E-state index is 6.05. The van der Waals surface area contributed by atoms with Crippen LogP contribution in [0.1, 0.15) is 37.3 Å². The highest BCUT2D eigenvalue weighted by Gasteiger charge is 2.23. The van der Waals surface area contributed by atoms with E-state index in [-0.39, 0.29) is 0 Å². The summed E-state index contributed by atoms with van der Waals surface area (Å²) in [6.07, 6.45) is 8.19. The first-order valence-electron chi connectivity index (χ1n) is 6.59. The van der Waals surface area contributed by atoms with Gasteiger partial charge in [-0.25, -0.2) is 9.97 Å². The fraction of sp³-hybridized carbons (Fsp3) is 0.357. The molecule has 0 radical (unpaired) electrons. The normalized spacial score (nSPS) is 15.8. The lowest BCUT2D eigenvalue weighted by molar-refractivity contribution is 0.699. The molecule has 1 aliphatic rings. The Bertz CT molecular complexity index is 576. The van der Waals surface area contributed by atoms with Crippen LogP contribution in [0.15, 0.2) is 24.5 Å². The van der Waals surface area contributed by atoms with E-state index in [9.17, 15) is 0 Å². The predicted molar refractivity (Wildman–Crippen MR) is 75.3 cm³/mol. The minimum absolute atomic E-state index is 0.378. The summed E-state index contributed by atoms with van der Waals surface area (Å²) < 4.78 is 0. The summed E-state index contributed by atoms with van der Waals surface area (Å²) in [5.41, 5.74) is 14.4. The molecule has 0 amide bonds. The fourth-order valence-electron chi connectivity index (χ4n) is 2.65. The first-order chi connectivity index (χ1) is 9.25. The zero-order valence-electron chi connectivity index (χ0n) is 10.7. The van der Waals surface area contributed by atoms with E-state index >= 15 is 0 Å². The van der Waals surface area contributed by atoms with Crippen molar-refractivity contribution in [1.29, 1.82) is 0 Å². The minimum atomic E-state index is 0.378. The zero-order valence-corrected chi connectivity index (χ0v) is 10.7. The maximum Gasteiger partial charge on any atom is 0.162 e. The molecule has 0 spiro atoms. The van der Waals surface area contributed by atoms with Gasteiger partial charge in [0.05, 0.1) is 11.4 Å². The van der Waals surface area contributed by atoms with Crippen LogP contribution in [0.3, 0.4) is 0 Å². The summed E-state index contributed by atoms with van der Waals surface area (Å²) in [6, 6.07) is 3.76. The van der Waals surface area contributed by atoms with Crippen LogP contribution in [0.25, 0.3) is 11.4 Å². The van der Waals surface area contributed by atoms with E-state index in [2.05, 4.69) is 15.0 Å². The number of anilines is 2. The number of nitrogens with zero attached hydrogens (tertiary/aromatic N) is 3. The van der Waals surface area contributed by atoms with Crippen molar-refractivity contribution in [3.63, 3.8) is 0 Å². The van der Waals surface area contributed by atoms with Gasteiger partial charge in [0, 0.05) is 23.9 Å². The third-order valence-electron chi connectivity index (χ3n) is 3.69. The Hall–Kier alpha value is -2.17. The Morgan fingerprint density at radius 2 is 1.68 bits per heavy atom. The lowest BCUT2D eigenvalue weighted by Gasteiger charge is -2.14. The summed E-state index contributed by atoms with van der Waals surface area (Å²) >= 11 is 0. The van der Waals surface area contributed by atoms with Gasteiger partial charge in [0.15, 0.2) is 11.6 Å². The minimum Gasteiger partial charge on any atom is -0.394 e. The number of pyridine rings is 1. The molecule has 5 nitrogen and oxygen atoms in total. The SMILES string of the molecule is Nc1nc(-c2ccncc2)nc(C2CCCC2)c1N. The molecule has 2 heterocycles. The summed E-state index contributed by atoms with van der Waals surface area (Å²) in [7, 11) is 0. The van der Waals surface area contributed by atoms with Crippen molar-refractivity contribution in [2.45, 2.75) is 31.6 Å². The Balaban J connectivity index is 2.07. The van der Waals surface area contributed by atoms with Gasteiger partial charge in [0.1, 0.15) is 0 Å². The molecule has 2 aromatic heterocycles. The number of nitrogens with two attached hydrogens (primary N) is 2. The highest BCUT2D eigenvalue weighted by Crippen LogP contribution is 2.37. The van der Waals surface area contributed by atoms with Gasteiger partial charge in [0.25, 0.3) is 0 Å². The van der Waals surface area contributed by atoms with Crippen LogP contribution in [0.2, 0.25) is 0 Å². The number of aromatic nitrogens is 3. The summed E-state index contributed by atoms with van der Waals surface area (Å²) in [4.78, 5) is 12.9. The molecule has 4 N–H and O–H groups in total. The van der Waals surface area contributed by atoms with Gasteiger partial charge in [-0.3, -0.25) is 4.98 Å². The van der Waals surface area contributed by atoms with E-state index in [0.29, 0.717) is 23.2 Å². The zero-order chi connectivity index (χ0) is 13.2. The van der Waals surface area contributed by atoms with Crippen LogP contribution in [-0.4, -0.2) is 15.0 Å². The predicted octanol–water partition coefficient (Wildman–Crippen LogP) is 2.36. The molecular weight excluding hydrogens is 238 g/mol. The van der Waals surface area contributed by atoms with Gasteiger partial charge in [-0.2, -0.15) is 0 Å². The number of rotatable bonds is 2. The highest BCUT2D eigenvalue weighted by molar-refractivity contribution is 5.67. The molecule has 1 saturated carbocycles. The molecule has 0 saturated heterocycles. The van der Waals surface area contributed by atoms with Crippen molar-refractivity contribution in [2.24, 2.45) is 0 Å². The lowest BCUT2D eigenvalue weighted by atomic mass is 10.0. The largest absolute Gasteiger partial charge is 0.394 e. The quantitative estimate of drug-likeness (QED) is 0.859. The second-order valence-electron chi connectivity index (χ2n) is 4.95. The molecule has 0 bridgehead atoms. The van der Waals surface area contributed by atoms with E-state index in [4.69, 9.17) is 11.5 Å². The molecule has 0 atom stereocenters. The third-order valence-corrected chi connectivity index (χ3v) is 3.69. The Labute approximate surface area is 112 Å². The standard InChI is InChI=1S/C14H17N5/c15-11-12(9-3-1-2-4-9)18-14(19-13(11)16)10-5-7-17-8-6-10/h5-9H,1-4,15H2,(H2,16,18,19). The van der Waals surface area contributed by atoms with Crippen molar-refractivity contribution in [2.75, 3.05) is 11.5 Å². The molecule has 2 aromatic rings. The summed E-state index contributed by atoms with van der Waals surface area (Å²) in [5.74, 6) is 1.44. The second kappa shape index (κ2) is 4.84. The average molecular weight is 255 g/mol. The Morgan fingerprint density at radius 3 is 2.37 bits per heavy atom. The molecular formula is C14H17N5. The van der Waals surface area contributed by atoms with Crippen LogP contribution < -0.4 is 11.5 Å². The van der Waals surface area contributed by atoms with Crippen LogP contribution >= 0.6 is 0 Å². The summed E-state index contributed by atoms with van der Waals surface area (Å²) in [5, 5.41) is 0. The molecule has 0 aromatic carbocycles. The van der Waals surface area contributed by atoms with Crippen LogP contribution in [-0.2, 0) is 0 Å². The van der Waals surface area contributed by atoms with E-state index in [1.807, 2.05) is 12.1 Å². The van der Waals surface area contributed by atoms with Gasteiger partial charge in [-0.05, 0) is 25.0 Å². The molecule has 19 heavy (non-hydrogen) atoms. The Kier molecular flexibility index (Phi) is 3.03. The smallest absolute Gasteiger partial charge is 0.162 e. The second-order valence-corrected chi connectivity index (χ2v) is 4.95. The molecule has 98 valence electrons. The lowest BCUT2D eigenvalue weighted by Crippen LogP contribution is -2.09. The number of hydrogen-bond acceptors (Lipinski definition) is 5. The molecule has 1 fully saturated rings. The summed E-state index contributed by atoms with van der Waals surface area (Å²) in [6.45, 7) is 0. The van der Waals surface area contributed by atoms with E-state index in [0.717, 1.165) is 24.1 Å². The van der Waals surface area contributed by atoms with Crippen LogP contribution in [0.5, 0.6) is 0 Å². The first-order valence-corrected chi connectivity index (χ1v) is 6.59. The maximum atomic E-state index is 6.05. The van der Waals surface area contributed by atoms with E-state index in [1.54, 1.807) is 12.4 Å². The monoisotopic (exact) mass is 255 g/mol. The van der Waals surface area contributed by atoms with Crippen molar-refractivity contribution in [1.82, 2.24) is 15.0 Å². The van der Waals surface area contributed by atoms with Gasteiger partial charge in [0.2, 0.25) is 0 Å². The van der Waals surface area contributed by atoms with Gasteiger partial charge in [-0.1, -0.05) is 12.8 Å². The molecule has 3 rings (SSSR count). The topological polar surface area (TPSA) is 90.7 Å². The van der Waals surface area contributed by atoms with E-state index < -0.39 is 0 Å². The van der Waals surface area contributed by atoms with Gasteiger partial charge in [-0.15, -0.1) is 0 Å². The molecule has 0 aliphatic heterocycles. The van der Waals surface area contributed by atoms with Gasteiger partial charge >= 0.3 is 0 Å². The number of nitrogen functional groups attached to an aromatic ring is 2. The van der Waals surface area contributed by atoms with Crippen LogP contribution in [0, 0.1) is 0 Å². The highest BCUT2D eigenvalue weighted by atomic mass is 15.0. The molecule has 1 aliphatic carbocycles. The van der Waals surface area contributed by atoms with Crippen molar-refractivity contribution < 1.29 is 0 Å². The van der Waals surface area contributed by atoms with Crippen molar-refractivity contribution in [3.8, 4) is 11.4 Å². The fourth-order valence-corrected chi connectivity index (χ4v) is 2.65. The number of hydrogen-bond donors (Lipinski definition) is 2.